The minimum atomic E-state index is -1.66. The van der Waals surface area contributed by atoms with Crippen molar-refractivity contribution in [2.75, 3.05) is 0 Å². The molecule has 2 atom stereocenters. The highest BCUT2D eigenvalue weighted by Gasteiger charge is 2.41. The van der Waals surface area contributed by atoms with Gasteiger partial charge in [-0.3, -0.25) is 4.79 Å². The number of aliphatic hydroxyl groups is 2. The van der Waals surface area contributed by atoms with E-state index in [1.165, 1.54) is 19.1 Å². The fourth-order valence-electron chi connectivity index (χ4n) is 2.50. The highest BCUT2D eigenvalue weighted by molar-refractivity contribution is 5.93. The Labute approximate surface area is 137 Å². The van der Waals surface area contributed by atoms with Gasteiger partial charge in [0.25, 0.3) is 0 Å². The number of ketones is 1. The minimum absolute atomic E-state index is 0.0734. The Kier molecular flexibility index (Phi) is 7.39. The molecule has 0 aromatic heterocycles. The maximum Gasteiger partial charge on any atom is 0.330 e. The van der Waals surface area contributed by atoms with Crippen molar-refractivity contribution in [3.05, 3.63) is 35.5 Å². The normalized spacial score (nSPS) is 25.7. The second kappa shape index (κ2) is 8.79. The molecule has 23 heavy (non-hydrogen) atoms. The Morgan fingerprint density at radius 2 is 2.13 bits per heavy atom. The second-order valence-electron chi connectivity index (χ2n) is 6.09. The molecule has 0 saturated heterocycles. The zero-order valence-electron chi connectivity index (χ0n) is 13.8. The first-order valence-corrected chi connectivity index (χ1v) is 8.01. The Bertz CT molecular complexity index is 530. The Morgan fingerprint density at radius 1 is 1.43 bits per heavy atom. The molecule has 0 heterocycles. The number of hydrogen-bond donors (Lipinski definition) is 3. The van der Waals surface area contributed by atoms with Crippen molar-refractivity contribution in [1.29, 1.82) is 0 Å². The van der Waals surface area contributed by atoms with E-state index in [0.29, 0.717) is 5.57 Å². The smallest absolute Gasteiger partial charge is 0.330 e. The van der Waals surface area contributed by atoms with E-state index in [-0.39, 0.29) is 24.2 Å². The van der Waals surface area contributed by atoms with Gasteiger partial charge in [0.05, 0.1) is 0 Å². The van der Waals surface area contributed by atoms with E-state index >= 15 is 0 Å². The number of rotatable bonds is 8. The lowest BCUT2D eigenvalue weighted by Crippen LogP contribution is -2.47. The summed E-state index contributed by atoms with van der Waals surface area (Å²) in [5.41, 5.74) is -1.21. The van der Waals surface area contributed by atoms with Gasteiger partial charge < -0.3 is 15.3 Å². The molecule has 128 valence electrons. The fourth-order valence-corrected chi connectivity index (χ4v) is 2.50. The number of allylic oxidation sites excluding steroid dienone is 2. The third kappa shape index (κ3) is 5.77. The standard InChI is InChI=1S/C18H26O5/c1-3-4-5-6-7-8-14-11-15(19)12-18(23,16(14)20)10-9-13(2)17(21)22/h7-9,11,16,20,23H,3-6,10,12H2,1-2H3,(H,21,22). The van der Waals surface area contributed by atoms with E-state index in [1.54, 1.807) is 6.08 Å². The lowest BCUT2D eigenvalue weighted by Gasteiger charge is -2.35. The molecule has 5 heteroatoms. The third-order valence-electron chi connectivity index (χ3n) is 4.02. The highest BCUT2D eigenvalue weighted by atomic mass is 16.4. The SMILES string of the molecule is CCCCCC=CC1=CC(=O)CC(O)(CC=C(C)C(=O)O)C1O. The van der Waals surface area contributed by atoms with Crippen LogP contribution in [0.15, 0.2) is 35.5 Å². The Morgan fingerprint density at radius 3 is 2.74 bits per heavy atom. The average molecular weight is 322 g/mol. The summed E-state index contributed by atoms with van der Waals surface area (Å²) < 4.78 is 0. The minimum Gasteiger partial charge on any atom is -0.478 e. The predicted octanol–water partition coefficient (Wildman–Crippen LogP) is 2.54. The van der Waals surface area contributed by atoms with Crippen molar-refractivity contribution < 1.29 is 24.9 Å². The number of aliphatic carboxylic acids is 1. The van der Waals surface area contributed by atoms with Gasteiger partial charge >= 0.3 is 5.97 Å². The van der Waals surface area contributed by atoms with Gasteiger partial charge in [0.2, 0.25) is 0 Å². The molecule has 0 saturated carbocycles. The van der Waals surface area contributed by atoms with E-state index < -0.39 is 17.7 Å². The Hall–Kier alpha value is -1.72. The number of carbonyl (C=O) groups is 2. The number of unbranched alkanes of at least 4 members (excludes halogenated alkanes) is 3. The summed E-state index contributed by atoms with van der Waals surface area (Å²) in [5.74, 6) is -1.36. The van der Waals surface area contributed by atoms with Crippen LogP contribution in [-0.2, 0) is 9.59 Å². The van der Waals surface area contributed by atoms with Gasteiger partial charge in [-0.15, -0.1) is 0 Å². The number of carboxylic acid groups (broad SMARTS) is 1. The van der Waals surface area contributed by atoms with Gasteiger partial charge in [0.15, 0.2) is 5.78 Å². The lowest BCUT2D eigenvalue weighted by molar-refractivity contribution is -0.132. The number of hydrogen-bond acceptors (Lipinski definition) is 4. The molecule has 0 bridgehead atoms. The monoisotopic (exact) mass is 322 g/mol. The first-order valence-electron chi connectivity index (χ1n) is 8.01. The largest absolute Gasteiger partial charge is 0.478 e. The molecule has 1 aliphatic carbocycles. The molecule has 5 nitrogen and oxygen atoms in total. The molecule has 0 aromatic rings. The molecule has 0 fully saturated rings. The van der Waals surface area contributed by atoms with Crippen molar-refractivity contribution in [1.82, 2.24) is 0 Å². The number of carboxylic acids is 1. The summed E-state index contributed by atoms with van der Waals surface area (Å²) in [5, 5.41) is 29.8. The van der Waals surface area contributed by atoms with Crippen molar-refractivity contribution in [2.45, 2.75) is 64.1 Å². The van der Waals surface area contributed by atoms with Crippen LogP contribution in [0.5, 0.6) is 0 Å². The number of carbonyl (C=O) groups excluding carboxylic acids is 1. The molecule has 0 radical (unpaired) electrons. The quantitative estimate of drug-likeness (QED) is 0.471. The summed E-state index contributed by atoms with van der Waals surface area (Å²) >= 11 is 0. The molecule has 0 spiro atoms. The van der Waals surface area contributed by atoms with Crippen molar-refractivity contribution in [3.63, 3.8) is 0 Å². The summed E-state index contributed by atoms with van der Waals surface area (Å²) in [6, 6.07) is 0. The molecule has 2 unspecified atom stereocenters. The molecule has 0 aromatic carbocycles. The summed E-state index contributed by atoms with van der Waals surface area (Å²) in [7, 11) is 0. The summed E-state index contributed by atoms with van der Waals surface area (Å²) in [6.07, 6.45) is 8.87. The van der Waals surface area contributed by atoms with E-state index in [2.05, 4.69) is 6.92 Å². The molecule has 0 aliphatic heterocycles. The van der Waals surface area contributed by atoms with Crippen LogP contribution >= 0.6 is 0 Å². The van der Waals surface area contributed by atoms with Gasteiger partial charge in [-0.25, -0.2) is 4.79 Å². The molecule has 0 amide bonds. The van der Waals surface area contributed by atoms with Gasteiger partial charge in [-0.05, 0) is 37.8 Å². The lowest BCUT2D eigenvalue weighted by atomic mass is 9.78. The first kappa shape index (κ1) is 19.3. The van der Waals surface area contributed by atoms with Crippen LogP contribution in [0.3, 0.4) is 0 Å². The van der Waals surface area contributed by atoms with Crippen LogP contribution in [0.4, 0.5) is 0 Å². The van der Waals surface area contributed by atoms with E-state index in [4.69, 9.17) is 5.11 Å². The van der Waals surface area contributed by atoms with Crippen LogP contribution in [0.2, 0.25) is 0 Å². The van der Waals surface area contributed by atoms with Gasteiger partial charge in [0.1, 0.15) is 11.7 Å². The van der Waals surface area contributed by atoms with Crippen LogP contribution < -0.4 is 0 Å². The maximum absolute atomic E-state index is 11.8. The predicted molar refractivity (Wildman–Crippen MR) is 88.0 cm³/mol. The zero-order chi connectivity index (χ0) is 17.5. The second-order valence-corrected chi connectivity index (χ2v) is 6.09. The molecule has 1 aliphatic rings. The third-order valence-corrected chi connectivity index (χ3v) is 4.02. The van der Waals surface area contributed by atoms with Crippen LogP contribution in [0.1, 0.15) is 52.4 Å². The molecule has 1 rings (SSSR count). The first-order chi connectivity index (χ1) is 10.8. The van der Waals surface area contributed by atoms with Crippen molar-refractivity contribution in [2.24, 2.45) is 0 Å². The molecular weight excluding hydrogens is 296 g/mol. The van der Waals surface area contributed by atoms with Crippen LogP contribution in [0, 0.1) is 0 Å². The topological polar surface area (TPSA) is 94.8 Å². The fraction of sp³-hybridized carbons (Fsp3) is 0.556. The van der Waals surface area contributed by atoms with E-state index in [9.17, 15) is 19.8 Å². The summed E-state index contributed by atoms with van der Waals surface area (Å²) in [4.78, 5) is 22.6. The zero-order valence-corrected chi connectivity index (χ0v) is 13.8. The molecule has 3 N–H and O–H groups in total. The average Bonchev–Trinajstić information content (AvgIpc) is 2.49. The van der Waals surface area contributed by atoms with Gasteiger partial charge in [0, 0.05) is 12.0 Å². The summed E-state index contributed by atoms with van der Waals surface area (Å²) in [6.45, 7) is 3.52. The highest BCUT2D eigenvalue weighted by Crippen LogP contribution is 2.31. The number of aliphatic hydroxyl groups excluding tert-OH is 1. The van der Waals surface area contributed by atoms with Crippen LogP contribution in [0.25, 0.3) is 0 Å². The van der Waals surface area contributed by atoms with Gasteiger partial charge in [-0.2, -0.15) is 0 Å². The van der Waals surface area contributed by atoms with Gasteiger partial charge in [-0.1, -0.05) is 38.0 Å². The molecular formula is C18H26O5. The van der Waals surface area contributed by atoms with Crippen molar-refractivity contribution in [3.8, 4) is 0 Å². The Balaban J connectivity index is 2.81. The van der Waals surface area contributed by atoms with E-state index in [1.807, 2.05) is 6.08 Å². The van der Waals surface area contributed by atoms with E-state index in [0.717, 1.165) is 25.7 Å². The maximum atomic E-state index is 11.8. The van der Waals surface area contributed by atoms with Crippen LogP contribution in [-0.4, -0.2) is 38.8 Å². The van der Waals surface area contributed by atoms with Crippen molar-refractivity contribution >= 4 is 11.8 Å².